The van der Waals surface area contributed by atoms with Crippen LogP contribution in [0.15, 0.2) is 88.2 Å². The molecule has 3 aromatic carbocycles. The van der Waals surface area contributed by atoms with E-state index in [1.165, 1.54) is 35.1 Å². The third-order valence-corrected chi connectivity index (χ3v) is 9.48. The number of hydrogen-bond donors (Lipinski definition) is 0. The lowest BCUT2D eigenvalue weighted by molar-refractivity contribution is -0.384. The van der Waals surface area contributed by atoms with E-state index < -0.39 is 16.8 Å². The maximum absolute atomic E-state index is 14.3. The molecular weight excluding hydrogens is 587 g/mol. The number of hydrogen-bond acceptors (Lipinski definition) is 5. The molecule has 0 radical (unpaired) electrons. The highest BCUT2D eigenvalue weighted by Crippen LogP contribution is 2.41. The predicted octanol–water partition coefficient (Wildman–Crippen LogP) is 6.43. The molecule has 7 rings (SSSR count). The van der Waals surface area contributed by atoms with E-state index >= 15 is 0 Å². The summed E-state index contributed by atoms with van der Waals surface area (Å²) in [6, 6.07) is 20.7. The van der Waals surface area contributed by atoms with E-state index in [1.807, 2.05) is 54.8 Å². The molecule has 43 heavy (non-hydrogen) atoms. The fourth-order valence-corrected chi connectivity index (χ4v) is 7.34. The highest BCUT2D eigenvalue weighted by molar-refractivity contribution is 7.07. The highest BCUT2D eigenvalue weighted by Gasteiger charge is 2.33. The number of halogens is 2. The minimum Gasteiger partial charge on any atom is -0.318 e. The van der Waals surface area contributed by atoms with Gasteiger partial charge in [-0.15, -0.1) is 0 Å². The van der Waals surface area contributed by atoms with Crippen LogP contribution in [0.5, 0.6) is 0 Å². The first-order valence-electron chi connectivity index (χ1n) is 13.7. The molecule has 3 heterocycles. The average molecular weight is 611 g/mol. The first kappa shape index (κ1) is 27.2. The Morgan fingerprint density at radius 2 is 1.88 bits per heavy atom. The fourth-order valence-electron chi connectivity index (χ4n) is 6.23. The Kier molecular flexibility index (Phi) is 6.52. The van der Waals surface area contributed by atoms with E-state index in [1.54, 1.807) is 22.8 Å². The Balaban J connectivity index is 1.44. The van der Waals surface area contributed by atoms with Gasteiger partial charge in [-0.3, -0.25) is 19.5 Å². The van der Waals surface area contributed by atoms with Gasteiger partial charge in [0.1, 0.15) is 5.82 Å². The summed E-state index contributed by atoms with van der Waals surface area (Å²) >= 11 is 7.20. The van der Waals surface area contributed by atoms with Gasteiger partial charge in [0.15, 0.2) is 4.80 Å². The van der Waals surface area contributed by atoms with Gasteiger partial charge in [-0.1, -0.05) is 59.3 Å². The van der Waals surface area contributed by atoms with Crippen molar-refractivity contribution in [2.45, 2.75) is 32.7 Å². The molecule has 0 amide bonds. The Morgan fingerprint density at radius 3 is 2.67 bits per heavy atom. The van der Waals surface area contributed by atoms with Crippen LogP contribution >= 0.6 is 22.9 Å². The minimum atomic E-state index is -0.522. The SMILES string of the molecule is Cc1cc(/C=c2\sc3n(c2=O)[C@H](c2cccc([N+](=O)[O-])c2)C2=C(N=3)c3ccccc3CC2)c(C)n1-c1ccc(Cl)c(F)c1. The lowest BCUT2D eigenvalue weighted by atomic mass is 9.83. The van der Waals surface area contributed by atoms with Gasteiger partial charge in [0.05, 0.1) is 26.2 Å². The van der Waals surface area contributed by atoms with Gasteiger partial charge in [0, 0.05) is 34.8 Å². The third-order valence-electron chi connectivity index (χ3n) is 8.19. The maximum atomic E-state index is 14.3. The van der Waals surface area contributed by atoms with Crippen LogP contribution in [0, 0.1) is 29.8 Å². The monoisotopic (exact) mass is 610 g/mol. The fraction of sp³-hybridized carbons (Fsp3) is 0.152. The van der Waals surface area contributed by atoms with Crippen LogP contribution in [0.3, 0.4) is 0 Å². The van der Waals surface area contributed by atoms with Gasteiger partial charge in [-0.05, 0) is 79.3 Å². The zero-order chi connectivity index (χ0) is 30.0. The summed E-state index contributed by atoms with van der Waals surface area (Å²) in [7, 11) is 0. The van der Waals surface area contributed by atoms with Crippen molar-refractivity contribution in [2.75, 3.05) is 0 Å². The van der Waals surface area contributed by atoms with E-state index in [2.05, 4.69) is 6.07 Å². The Morgan fingerprint density at radius 1 is 1.07 bits per heavy atom. The van der Waals surface area contributed by atoms with Gasteiger partial charge >= 0.3 is 0 Å². The number of allylic oxidation sites excluding steroid dienone is 1. The Bertz CT molecular complexity index is 2210. The van der Waals surface area contributed by atoms with Gasteiger partial charge in [0.2, 0.25) is 0 Å². The molecule has 0 spiro atoms. The predicted molar refractivity (Wildman–Crippen MR) is 166 cm³/mol. The van der Waals surface area contributed by atoms with Crippen LogP contribution in [0.1, 0.15) is 46.1 Å². The summed E-state index contributed by atoms with van der Waals surface area (Å²) in [5.74, 6) is -0.506. The molecule has 0 unspecified atom stereocenters. The van der Waals surface area contributed by atoms with E-state index in [9.17, 15) is 19.3 Å². The number of nitro groups is 1. The molecule has 1 aliphatic carbocycles. The largest absolute Gasteiger partial charge is 0.318 e. The van der Waals surface area contributed by atoms with Crippen molar-refractivity contribution in [3.63, 3.8) is 0 Å². The summed E-state index contributed by atoms with van der Waals surface area (Å²) < 4.78 is 18.4. The molecule has 0 saturated heterocycles. The molecule has 0 bridgehead atoms. The number of rotatable bonds is 4. The zero-order valence-corrected chi connectivity index (χ0v) is 24.7. The summed E-state index contributed by atoms with van der Waals surface area (Å²) in [6.07, 6.45) is 3.32. The van der Waals surface area contributed by atoms with E-state index in [0.717, 1.165) is 40.2 Å². The molecule has 7 nitrogen and oxygen atoms in total. The molecule has 2 aliphatic rings. The third kappa shape index (κ3) is 4.47. The number of aromatic nitrogens is 2. The lowest BCUT2D eigenvalue weighted by Crippen LogP contribution is -2.38. The van der Waals surface area contributed by atoms with Crippen LogP contribution in [0.25, 0.3) is 17.5 Å². The molecule has 2 aromatic heterocycles. The second kappa shape index (κ2) is 10.3. The second-order valence-corrected chi connectivity index (χ2v) is 12.1. The smallest absolute Gasteiger partial charge is 0.271 e. The van der Waals surface area contributed by atoms with Crippen molar-refractivity contribution in [1.82, 2.24) is 9.13 Å². The van der Waals surface area contributed by atoms with Crippen LogP contribution < -0.4 is 14.9 Å². The lowest BCUT2D eigenvalue weighted by Gasteiger charge is -2.30. The molecule has 5 aromatic rings. The first-order valence-corrected chi connectivity index (χ1v) is 14.9. The number of non-ortho nitro benzene ring substituents is 1. The number of aryl methyl sites for hydroxylation is 2. The van der Waals surface area contributed by atoms with Gasteiger partial charge < -0.3 is 4.57 Å². The van der Waals surface area contributed by atoms with Crippen molar-refractivity contribution in [3.8, 4) is 5.69 Å². The maximum Gasteiger partial charge on any atom is 0.271 e. The van der Waals surface area contributed by atoms with Crippen molar-refractivity contribution >= 4 is 40.4 Å². The first-order chi connectivity index (χ1) is 20.7. The number of nitro benzene ring substituents is 1. The summed E-state index contributed by atoms with van der Waals surface area (Å²) in [5.41, 5.74) is 7.61. The van der Waals surface area contributed by atoms with E-state index in [-0.39, 0.29) is 16.3 Å². The van der Waals surface area contributed by atoms with E-state index in [4.69, 9.17) is 16.6 Å². The topological polar surface area (TPSA) is 82.4 Å². The standard InChI is InChI=1S/C33H24ClFN4O3S/c1-18-14-22(19(2)37(18)23-11-13-27(34)28(35)17-23)16-29-32(40)38-31(21-7-5-8-24(15-21)39(41)42)26-12-10-20-6-3-4-9-25(20)30(26)36-33(38)43-29/h3-9,11,13-17,31H,10,12H2,1-2H3/b29-16-/t31-/m1/s1. The molecule has 10 heteroatoms. The van der Waals surface area contributed by atoms with Gasteiger partial charge in [-0.2, -0.15) is 0 Å². The normalized spacial score (nSPS) is 16.0. The van der Waals surface area contributed by atoms with Gasteiger partial charge in [0.25, 0.3) is 11.2 Å². The van der Waals surface area contributed by atoms with Crippen molar-refractivity contribution in [2.24, 2.45) is 4.99 Å². The number of benzene rings is 3. The summed E-state index contributed by atoms with van der Waals surface area (Å²) in [6.45, 7) is 3.84. The molecule has 0 N–H and O–H groups in total. The number of nitrogens with zero attached hydrogens (tertiary/aromatic N) is 4. The van der Waals surface area contributed by atoms with Crippen molar-refractivity contribution in [1.29, 1.82) is 0 Å². The molecule has 1 atom stereocenters. The Hall–Kier alpha value is -4.60. The Labute approximate surface area is 254 Å². The highest BCUT2D eigenvalue weighted by atomic mass is 35.5. The number of fused-ring (bicyclic) bond motifs is 3. The van der Waals surface area contributed by atoms with E-state index in [0.29, 0.717) is 27.0 Å². The van der Waals surface area contributed by atoms with Crippen LogP contribution in [-0.2, 0) is 6.42 Å². The number of thiazole rings is 1. The molecule has 214 valence electrons. The van der Waals surface area contributed by atoms with Crippen molar-refractivity contribution in [3.05, 3.63) is 153 Å². The van der Waals surface area contributed by atoms with Gasteiger partial charge in [-0.25, -0.2) is 9.38 Å². The minimum absolute atomic E-state index is 0.0268. The molecular formula is C33H24ClFN4O3S. The molecule has 0 fully saturated rings. The van der Waals surface area contributed by atoms with Crippen molar-refractivity contribution < 1.29 is 9.31 Å². The van der Waals surface area contributed by atoms with Crippen LogP contribution in [0.4, 0.5) is 10.1 Å². The average Bonchev–Trinajstić information content (AvgIpc) is 3.46. The summed E-state index contributed by atoms with van der Waals surface area (Å²) in [4.78, 5) is 31.0. The second-order valence-electron chi connectivity index (χ2n) is 10.7. The summed E-state index contributed by atoms with van der Waals surface area (Å²) in [5, 5.41) is 11.7. The quantitative estimate of drug-likeness (QED) is 0.174. The van der Waals surface area contributed by atoms with Crippen LogP contribution in [-0.4, -0.2) is 14.1 Å². The molecule has 0 saturated carbocycles. The van der Waals surface area contributed by atoms with Crippen LogP contribution in [0.2, 0.25) is 5.02 Å². The zero-order valence-electron chi connectivity index (χ0n) is 23.2. The molecule has 1 aliphatic heterocycles.